The van der Waals surface area contributed by atoms with E-state index in [0.717, 1.165) is 6.54 Å². The van der Waals surface area contributed by atoms with Gasteiger partial charge in [-0.3, -0.25) is 9.69 Å². The van der Waals surface area contributed by atoms with E-state index in [2.05, 4.69) is 22.1 Å². The number of benzene rings is 1. The maximum Gasteiger partial charge on any atom is 0.221 e. The summed E-state index contributed by atoms with van der Waals surface area (Å²) in [5, 5.41) is 2.80. The predicted octanol–water partition coefficient (Wildman–Crippen LogP) is 0.458. The summed E-state index contributed by atoms with van der Waals surface area (Å²) < 4.78 is 14.0. The van der Waals surface area contributed by atoms with E-state index in [9.17, 15) is 9.18 Å². The number of nitrogens with one attached hydrogen (secondary N) is 1. The minimum atomic E-state index is -0.266. The van der Waals surface area contributed by atoms with Crippen LogP contribution in [-0.2, 0) is 11.3 Å². The van der Waals surface area contributed by atoms with Crippen LogP contribution >= 0.6 is 0 Å². The zero-order valence-electron chi connectivity index (χ0n) is 11.3. The number of rotatable bonds is 2. The molecular formula is C15H18FN3O. The van der Waals surface area contributed by atoms with Gasteiger partial charge in [-0.1, -0.05) is 17.9 Å². The highest BCUT2D eigenvalue weighted by atomic mass is 19.1. The van der Waals surface area contributed by atoms with Gasteiger partial charge in [0.1, 0.15) is 5.82 Å². The molecule has 0 saturated carbocycles. The SMILES string of the molecule is NCC#Cc1ccc(CN2CCNC(=O)CC2)c(F)c1. The van der Waals surface area contributed by atoms with E-state index in [4.69, 9.17) is 5.73 Å². The molecule has 1 aromatic rings. The van der Waals surface area contributed by atoms with Crippen LogP contribution in [0.1, 0.15) is 17.5 Å². The summed E-state index contributed by atoms with van der Waals surface area (Å²) in [6.07, 6.45) is 0.460. The quantitative estimate of drug-likeness (QED) is 0.771. The van der Waals surface area contributed by atoms with Gasteiger partial charge < -0.3 is 11.1 Å². The van der Waals surface area contributed by atoms with Crippen molar-refractivity contribution in [3.63, 3.8) is 0 Å². The molecule has 1 amide bonds. The maximum absolute atomic E-state index is 14.0. The molecule has 5 heteroatoms. The second-order valence-corrected chi connectivity index (χ2v) is 4.69. The first-order valence-electron chi connectivity index (χ1n) is 6.65. The van der Waals surface area contributed by atoms with Crippen LogP contribution in [0.15, 0.2) is 18.2 Å². The zero-order valence-corrected chi connectivity index (χ0v) is 11.3. The molecule has 1 heterocycles. The fourth-order valence-corrected chi connectivity index (χ4v) is 2.12. The first kappa shape index (κ1) is 14.5. The van der Waals surface area contributed by atoms with Crippen molar-refractivity contribution in [3.8, 4) is 11.8 Å². The van der Waals surface area contributed by atoms with Crippen molar-refractivity contribution in [2.24, 2.45) is 5.73 Å². The highest BCUT2D eigenvalue weighted by Crippen LogP contribution is 2.13. The molecule has 0 aliphatic carbocycles. The molecule has 106 valence electrons. The number of nitrogens with zero attached hydrogens (tertiary/aromatic N) is 1. The Bertz CT molecular complexity index is 548. The van der Waals surface area contributed by atoms with Gasteiger partial charge in [0.15, 0.2) is 0 Å². The second kappa shape index (κ2) is 7.04. The average molecular weight is 275 g/mol. The first-order valence-corrected chi connectivity index (χ1v) is 6.65. The lowest BCUT2D eigenvalue weighted by Crippen LogP contribution is -2.28. The Hall–Kier alpha value is -1.90. The van der Waals surface area contributed by atoms with Crippen molar-refractivity contribution >= 4 is 5.91 Å². The first-order chi connectivity index (χ1) is 9.69. The molecule has 0 aromatic heterocycles. The number of hydrogen-bond donors (Lipinski definition) is 2. The van der Waals surface area contributed by atoms with Crippen LogP contribution < -0.4 is 11.1 Å². The van der Waals surface area contributed by atoms with Gasteiger partial charge in [0.05, 0.1) is 6.54 Å². The smallest absolute Gasteiger partial charge is 0.221 e. The maximum atomic E-state index is 14.0. The van der Waals surface area contributed by atoms with Crippen LogP contribution in [0.2, 0.25) is 0 Å². The number of amides is 1. The van der Waals surface area contributed by atoms with Gasteiger partial charge in [-0.2, -0.15) is 0 Å². The molecule has 1 aromatic carbocycles. The molecule has 2 rings (SSSR count). The van der Waals surface area contributed by atoms with Crippen LogP contribution in [0, 0.1) is 17.7 Å². The highest BCUT2D eigenvalue weighted by Gasteiger charge is 2.15. The Morgan fingerprint density at radius 3 is 3.00 bits per heavy atom. The molecule has 0 radical (unpaired) electrons. The standard InChI is InChI=1S/C15H18FN3O/c16-14-10-12(2-1-6-17)3-4-13(14)11-19-8-5-15(20)18-7-9-19/h3-4,10H,5-9,11,17H2,(H,18,20). The van der Waals surface area contributed by atoms with E-state index in [1.165, 1.54) is 6.07 Å². The predicted molar refractivity (Wildman–Crippen MR) is 75.2 cm³/mol. The van der Waals surface area contributed by atoms with Gasteiger partial charge in [-0.05, 0) is 12.1 Å². The monoisotopic (exact) mass is 275 g/mol. The normalized spacial score (nSPS) is 16.0. The summed E-state index contributed by atoms with van der Waals surface area (Å²) in [6, 6.07) is 4.97. The van der Waals surface area contributed by atoms with Crippen LogP contribution in [0.4, 0.5) is 4.39 Å². The van der Waals surface area contributed by atoms with E-state index in [1.807, 2.05) is 0 Å². The molecule has 4 nitrogen and oxygen atoms in total. The van der Waals surface area contributed by atoms with Crippen LogP contribution in [0.3, 0.4) is 0 Å². The highest BCUT2D eigenvalue weighted by molar-refractivity contribution is 5.76. The second-order valence-electron chi connectivity index (χ2n) is 4.69. The third-order valence-corrected chi connectivity index (χ3v) is 3.19. The molecule has 20 heavy (non-hydrogen) atoms. The lowest BCUT2D eigenvalue weighted by molar-refractivity contribution is -0.120. The van der Waals surface area contributed by atoms with Crippen molar-refractivity contribution < 1.29 is 9.18 Å². The fraction of sp³-hybridized carbons (Fsp3) is 0.400. The Balaban J connectivity index is 2.04. The number of carbonyl (C=O) groups is 1. The molecular weight excluding hydrogens is 257 g/mol. The Morgan fingerprint density at radius 2 is 2.25 bits per heavy atom. The van der Waals surface area contributed by atoms with Gasteiger partial charge in [-0.25, -0.2) is 4.39 Å². The fourth-order valence-electron chi connectivity index (χ4n) is 2.12. The van der Waals surface area contributed by atoms with Crippen LogP contribution in [0.5, 0.6) is 0 Å². The van der Waals surface area contributed by atoms with Crippen molar-refractivity contribution in [3.05, 3.63) is 35.1 Å². The van der Waals surface area contributed by atoms with Gasteiger partial charge in [0.2, 0.25) is 5.91 Å². The molecule has 0 unspecified atom stereocenters. The lowest BCUT2D eigenvalue weighted by Gasteiger charge is -2.19. The molecule has 0 spiro atoms. The molecule has 1 aliphatic rings. The lowest BCUT2D eigenvalue weighted by atomic mass is 10.1. The topological polar surface area (TPSA) is 58.4 Å². The van der Waals surface area contributed by atoms with Crippen molar-refractivity contribution in [1.29, 1.82) is 0 Å². The number of halogens is 1. The van der Waals surface area contributed by atoms with Gasteiger partial charge in [0.25, 0.3) is 0 Å². The minimum absolute atomic E-state index is 0.0559. The zero-order chi connectivity index (χ0) is 14.4. The molecule has 3 N–H and O–H groups in total. The Morgan fingerprint density at radius 1 is 1.40 bits per heavy atom. The van der Waals surface area contributed by atoms with E-state index < -0.39 is 0 Å². The summed E-state index contributed by atoms with van der Waals surface area (Å²) in [7, 11) is 0. The summed E-state index contributed by atoms with van der Waals surface area (Å²) >= 11 is 0. The van der Waals surface area contributed by atoms with Gasteiger partial charge >= 0.3 is 0 Å². The summed E-state index contributed by atoms with van der Waals surface area (Å²) in [5.41, 5.74) is 6.54. The summed E-state index contributed by atoms with van der Waals surface area (Å²) in [4.78, 5) is 13.3. The molecule has 0 bridgehead atoms. The van der Waals surface area contributed by atoms with E-state index in [1.54, 1.807) is 12.1 Å². The molecule has 1 fully saturated rings. The van der Waals surface area contributed by atoms with E-state index >= 15 is 0 Å². The summed E-state index contributed by atoms with van der Waals surface area (Å²) in [6.45, 7) is 2.77. The van der Waals surface area contributed by atoms with Crippen molar-refractivity contribution in [1.82, 2.24) is 10.2 Å². The van der Waals surface area contributed by atoms with Crippen molar-refractivity contribution in [2.45, 2.75) is 13.0 Å². The third-order valence-electron chi connectivity index (χ3n) is 3.19. The third kappa shape index (κ3) is 4.05. The number of nitrogens with two attached hydrogens (primary N) is 1. The van der Waals surface area contributed by atoms with Crippen LogP contribution in [-0.4, -0.2) is 37.0 Å². The van der Waals surface area contributed by atoms with E-state index in [0.29, 0.717) is 37.2 Å². The number of carbonyl (C=O) groups excluding carboxylic acids is 1. The van der Waals surface area contributed by atoms with Crippen molar-refractivity contribution in [2.75, 3.05) is 26.2 Å². The van der Waals surface area contributed by atoms with Gasteiger partial charge in [0, 0.05) is 43.7 Å². The summed E-state index contributed by atoms with van der Waals surface area (Å²) in [5.74, 6) is 5.30. The Labute approximate surface area is 118 Å². The molecule has 1 saturated heterocycles. The van der Waals surface area contributed by atoms with Crippen LogP contribution in [0.25, 0.3) is 0 Å². The number of hydrogen-bond acceptors (Lipinski definition) is 3. The minimum Gasteiger partial charge on any atom is -0.355 e. The Kier molecular flexibility index (Phi) is 5.10. The van der Waals surface area contributed by atoms with E-state index in [-0.39, 0.29) is 18.3 Å². The van der Waals surface area contributed by atoms with Gasteiger partial charge in [-0.15, -0.1) is 0 Å². The molecule has 0 atom stereocenters. The average Bonchev–Trinajstić information content (AvgIpc) is 2.64. The molecule has 1 aliphatic heterocycles. The largest absolute Gasteiger partial charge is 0.355 e.